The lowest BCUT2D eigenvalue weighted by molar-refractivity contribution is -0.165. The van der Waals surface area contributed by atoms with Gasteiger partial charge in [0.05, 0.1) is 6.10 Å². The van der Waals surface area contributed by atoms with E-state index in [1.54, 1.807) is 6.92 Å². The molecule has 0 aromatic heterocycles. The zero-order chi connectivity index (χ0) is 17.1. The highest BCUT2D eigenvalue weighted by atomic mass is 16.3. The summed E-state index contributed by atoms with van der Waals surface area (Å²) in [6.45, 7) is 7.65. The van der Waals surface area contributed by atoms with Gasteiger partial charge in [-0.05, 0) is 93.8 Å². The Morgan fingerprint density at radius 2 is 1.83 bits per heavy atom. The Hall–Kier alpha value is -0.570. The van der Waals surface area contributed by atoms with Gasteiger partial charge in [0.1, 0.15) is 0 Å². The Morgan fingerprint density at radius 3 is 2.58 bits per heavy atom. The second-order valence-corrected chi connectivity index (χ2v) is 9.79. The third kappa shape index (κ3) is 2.29. The van der Waals surface area contributed by atoms with Crippen LogP contribution in [0.1, 0.15) is 78.6 Å². The van der Waals surface area contributed by atoms with Crippen LogP contribution in [0.2, 0.25) is 0 Å². The number of likely N-dealkylation sites (tertiary alicyclic amines) is 1. The summed E-state index contributed by atoms with van der Waals surface area (Å²) in [5, 5.41) is 10.1. The molecule has 0 spiro atoms. The summed E-state index contributed by atoms with van der Waals surface area (Å²) in [7, 11) is 0. The van der Waals surface area contributed by atoms with Crippen LogP contribution in [0, 0.1) is 29.1 Å². The van der Waals surface area contributed by atoms with Crippen LogP contribution in [0.25, 0.3) is 0 Å². The number of carbonyl (C=O) groups is 1. The summed E-state index contributed by atoms with van der Waals surface area (Å²) in [6, 6.07) is 0. The minimum atomic E-state index is -0.0589. The molecule has 3 nitrogen and oxygen atoms in total. The van der Waals surface area contributed by atoms with Gasteiger partial charge in [0.15, 0.2) is 0 Å². The van der Waals surface area contributed by atoms with E-state index in [9.17, 15) is 9.90 Å². The van der Waals surface area contributed by atoms with Crippen molar-refractivity contribution < 1.29 is 9.90 Å². The normalized spacial score (nSPS) is 51.3. The fourth-order valence-corrected chi connectivity index (χ4v) is 7.64. The first-order valence-electron chi connectivity index (χ1n) is 10.3. The second kappa shape index (κ2) is 5.72. The van der Waals surface area contributed by atoms with E-state index in [1.807, 2.05) is 0 Å². The molecule has 3 heteroatoms. The highest BCUT2D eigenvalue weighted by Gasteiger charge is 2.59. The quantitative estimate of drug-likeness (QED) is 0.728. The predicted molar refractivity (Wildman–Crippen MR) is 95.4 cm³/mol. The van der Waals surface area contributed by atoms with E-state index in [0.717, 1.165) is 37.1 Å². The van der Waals surface area contributed by atoms with Crippen LogP contribution in [0.15, 0.2) is 0 Å². The van der Waals surface area contributed by atoms with Crippen LogP contribution in [0.5, 0.6) is 0 Å². The van der Waals surface area contributed by atoms with E-state index >= 15 is 0 Å². The van der Waals surface area contributed by atoms with Crippen molar-refractivity contribution in [2.24, 2.45) is 29.1 Å². The smallest absolute Gasteiger partial charge is 0.219 e. The average molecular weight is 334 g/mol. The van der Waals surface area contributed by atoms with Gasteiger partial charge >= 0.3 is 0 Å². The Bertz CT molecular complexity index is 520. The van der Waals surface area contributed by atoms with Gasteiger partial charge in [-0.15, -0.1) is 0 Å². The van der Waals surface area contributed by atoms with Crippen LogP contribution in [0.3, 0.4) is 0 Å². The molecule has 0 aromatic carbocycles. The molecule has 3 aliphatic carbocycles. The highest BCUT2D eigenvalue weighted by Crippen LogP contribution is 2.63. The van der Waals surface area contributed by atoms with Gasteiger partial charge in [0.2, 0.25) is 5.91 Å². The Balaban J connectivity index is 1.63. The molecule has 0 aromatic rings. The minimum Gasteiger partial charge on any atom is -0.393 e. The molecule has 4 rings (SSSR count). The monoisotopic (exact) mass is 333 g/mol. The molecule has 1 amide bonds. The first kappa shape index (κ1) is 16.9. The molecule has 1 N–H and O–H groups in total. The SMILES string of the molecule is CC(=O)N1CCCC2C3CC[C@H]4C[C@H](O)CC[C@]4(C)C3CC[C@@]21C. The fraction of sp³-hybridized carbons (Fsp3) is 0.952. The predicted octanol–water partition coefficient (Wildman–Crippen LogP) is 3.99. The number of amides is 1. The molecule has 4 aliphatic rings. The van der Waals surface area contributed by atoms with E-state index < -0.39 is 0 Å². The van der Waals surface area contributed by atoms with Crippen LogP contribution in [0.4, 0.5) is 0 Å². The lowest BCUT2D eigenvalue weighted by Gasteiger charge is -2.64. The summed E-state index contributed by atoms with van der Waals surface area (Å²) < 4.78 is 0. The third-order valence-corrected chi connectivity index (χ3v) is 8.89. The topological polar surface area (TPSA) is 40.5 Å². The van der Waals surface area contributed by atoms with E-state index in [4.69, 9.17) is 0 Å². The maximum absolute atomic E-state index is 12.2. The van der Waals surface area contributed by atoms with Gasteiger partial charge in [-0.3, -0.25) is 4.79 Å². The van der Waals surface area contributed by atoms with Crippen LogP contribution in [-0.2, 0) is 4.79 Å². The average Bonchev–Trinajstić information content (AvgIpc) is 2.54. The van der Waals surface area contributed by atoms with E-state index in [-0.39, 0.29) is 17.6 Å². The Kier molecular flexibility index (Phi) is 4.02. The third-order valence-electron chi connectivity index (χ3n) is 8.89. The number of fused-ring (bicyclic) bond motifs is 5. The fourth-order valence-electron chi connectivity index (χ4n) is 7.64. The van der Waals surface area contributed by atoms with Gasteiger partial charge in [-0.25, -0.2) is 0 Å². The Morgan fingerprint density at radius 1 is 1.04 bits per heavy atom. The van der Waals surface area contributed by atoms with Crippen molar-refractivity contribution in [1.82, 2.24) is 4.90 Å². The minimum absolute atomic E-state index is 0.0589. The summed E-state index contributed by atoms with van der Waals surface area (Å²) in [5.41, 5.74) is 0.532. The molecule has 1 heterocycles. The van der Waals surface area contributed by atoms with Crippen molar-refractivity contribution >= 4 is 5.91 Å². The van der Waals surface area contributed by atoms with E-state index in [0.29, 0.717) is 11.3 Å². The molecular formula is C21H35NO2. The number of nitrogens with zero attached hydrogens (tertiary/aromatic N) is 1. The molecule has 4 fully saturated rings. The molecule has 1 saturated heterocycles. The zero-order valence-corrected chi connectivity index (χ0v) is 15.8. The molecule has 24 heavy (non-hydrogen) atoms. The molecule has 0 radical (unpaired) electrons. The number of rotatable bonds is 0. The van der Waals surface area contributed by atoms with Crippen molar-refractivity contribution in [3.8, 4) is 0 Å². The number of hydrogen-bond acceptors (Lipinski definition) is 2. The lowest BCUT2D eigenvalue weighted by atomic mass is 9.45. The molecule has 7 atom stereocenters. The van der Waals surface area contributed by atoms with Crippen molar-refractivity contribution in [2.75, 3.05) is 6.54 Å². The first-order chi connectivity index (χ1) is 11.4. The van der Waals surface area contributed by atoms with Gasteiger partial charge in [0.25, 0.3) is 0 Å². The number of aliphatic hydroxyl groups excluding tert-OH is 1. The molecule has 136 valence electrons. The number of carbonyl (C=O) groups excluding carboxylic acids is 1. The lowest BCUT2D eigenvalue weighted by Crippen LogP contribution is -2.64. The summed E-state index contributed by atoms with van der Waals surface area (Å²) in [4.78, 5) is 14.5. The van der Waals surface area contributed by atoms with Crippen LogP contribution >= 0.6 is 0 Å². The molecule has 0 bridgehead atoms. The maximum atomic E-state index is 12.2. The van der Waals surface area contributed by atoms with Crippen molar-refractivity contribution in [2.45, 2.75) is 90.2 Å². The highest BCUT2D eigenvalue weighted by molar-refractivity contribution is 5.74. The number of piperidine rings is 1. The van der Waals surface area contributed by atoms with Crippen molar-refractivity contribution in [1.29, 1.82) is 0 Å². The van der Waals surface area contributed by atoms with Crippen molar-refractivity contribution in [3.05, 3.63) is 0 Å². The van der Waals surface area contributed by atoms with E-state index in [2.05, 4.69) is 18.7 Å². The van der Waals surface area contributed by atoms with Gasteiger partial charge in [0, 0.05) is 19.0 Å². The van der Waals surface area contributed by atoms with Crippen LogP contribution < -0.4 is 0 Å². The second-order valence-electron chi connectivity index (χ2n) is 9.79. The van der Waals surface area contributed by atoms with Crippen LogP contribution in [-0.4, -0.2) is 34.1 Å². The maximum Gasteiger partial charge on any atom is 0.219 e. The summed E-state index contributed by atoms with van der Waals surface area (Å²) in [5.74, 6) is 3.30. The number of aliphatic hydroxyl groups is 1. The zero-order valence-electron chi connectivity index (χ0n) is 15.8. The van der Waals surface area contributed by atoms with E-state index in [1.165, 1.54) is 44.9 Å². The summed E-state index contributed by atoms with van der Waals surface area (Å²) in [6.07, 6.45) is 10.8. The summed E-state index contributed by atoms with van der Waals surface area (Å²) >= 11 is 0. The molecule has 3 saturated carbocycles. The van der Waals surface area contributed by atoms with Crippen molar-refractivity contribution in [3.63, 3.8) is 0 Å². The first-order valence-corrected chi connectivity index (χ1v) is 10.3. The van der Waals surface area contributed by atoms with Gasteiger partial charge < -0.3 is 10.0 Å². The Labute approximate surface area is 147 Å². The largest absolute Gasteiger partial charge is 0.393 e. The van der Waals surface area contributed by atoms with Gasteiger partial charge in [-0.1, -0.05) is 6.92 Å². The molecule has 3 unspecified atom stereocenters. The van der Waals surface area contributed by atoms with Gasteiger partial charge in [-0.2, -0.15) is 0 Å². The molecular weight excluding hydrogens is 298 g/mol. The number of hydrogen-bond donors (Lipinski definition) is 1. The standard InChI is InChI=1S/C21H35NO2/c1-14(23)22-12-4-5-19-17-7-6-15-13-16(24)8-10-20(15,2)18(17)9-11-21(19,22)3/h15-19,24H,4-13H2,1-3H3/t15-,16+,17?,18?,19?,20-,21-/m0/s1. The molecule has 1 aliphatic heterocycles.